The molecule has 26 heavy (non-hydrogen) atoms. The van der Waals surface area contributed by atoms with Gasteiger partial charge in [0.15, 0.2) is 0 Å². The predicted octanol–water partition coefficient (Wildman–Crippen LogP) is 1.94. The van der Waals surface area contributed by atoms with Crippen LogP contribution in [0.5, 0.6) is 5.75 Å². The van der Waals surface area contributed by atoms with E-state index in [9.17, 15) is 13.2 Å². The smallest absolute Gasteiger partial charge is 0.255 e. The number of primary sulfonamides is 1. The molecule has 2 aromatic rings. The van der Waals surface area contributed by atoms with Crippen LogP contribution in [0.2, 0.25) is 0 Å². The van der Waals surface area contributed by atoms with Gasteiger partial charge in [-0.3, -0.25) is 4.79 Å². The molecule has 0 unspecified atom stereocenters. The van der Waals surface area contributed by atoms with Crippen molar-refractivity contribution < 1.29 is 17.9 Å². The molecule has 3 rings (SSSR count). The molecule has 0 spiro atoms. The maximum atomic E-state index is 12.6. The van der Waals surface area contributed by atoms with Crippen LogP contribution in [0.4, 0.5) is 0 Å². The highest BCUT2D eigenvalue weighted by Gasteiger charge is 2.20. The van der Waals surface area contributed by atoms with E-state index in [4.69, 9.17) is 9.88 Å². The van der Waals surface area contributed by atoms with Crippen LogP contribution in [0, 0.1) is 6.92 Å². The van der Waals surface area contributed by atoms with Gasteiger partial charge in [0.2, 0.25) is 10.0 Å². The Balaban J connectivity index is 1.64. The lowest BCUT2D eigenvalue weighted by molar-refractivity contribution is 0.0949. The monoisotopic (exact) mass is 374 g/mol. The Bertz CT molecular complexity index is 921. The molecule has 1 aliphatic rings. The molecule has 7 heteroatoms. The van der Waals surface area contributed by atoms with Crippen LogP contribution in [0.15, 0.2) is 41.3 Å². The van der Waals surface area contributed by atoms with Crippen molar-refractivity contribution in [3.8, 4) is 5.75 Å². The molecule has 3 N–H and O–H groups in total. The molecule has 0 fully saturated rings. The first-order chi connectivity index (χ1) is 12.3. The predicted molar refractivity (Wildman–Crippen MR) is 98.8 cm³/mol. The van der Waals surface area contributed by atoms with Crippen molar-refractivity contribution in [3.05, 3.63) is 58.7 Å². The lowest BCUT2D eigenvalue weighted by atomic mass is 9.99. The lowest BCUT2D eigenvalue weighted by Crippen LogP contribution is -2.27. The first-order valence-corrected chi connectivity index (χ1v) is 10.1. The lowest BCUT2D eigenvalue weighted by Gasteiger charge is -2.21. The quantitative estimate of drug-likeness (QED) is 0.835. The molecule has 0 radical (unpaired) electrons. The number of carbonyl (C=O) groups excluding carboxylic acids is 1. The fourth-order valence-electron chi connectivity index (χ4n) is 3.07. The number of nitrogens with two attached hydrogens (primary N) is 1. The summed E-state index contributed by atoms with van der Waals surface area (Å²) >= 11 is 0. The number of fused-ring (bicyclic) bond motifs is 1. The molecular weight excluding hydrogens is 352 g/mol. The molecule has 1 aliphatic heterocycles. The SMILES string of the molecule is Cc1cc2c(c(C(=O)NCCc3ccc(S(N)(=O)=O)cc3)c1)OCCC2. The van der Waals surface area contributed by atoms with Crippen LogP contribution in [-0.4, -0.2) is 27.5 Å². The van der Waals surface area contributed by atoms with Gasteiger partial charge >= 0.3 is 0 Å². The molecule has 0 saturated heterocycles. The van der Waals surface area contributed by atoms with Crippen LogP contribution in [0.1, 0.15) is 33.5 Å². The third kappa shape index (κ3) is 4.23. The number of carbonyl (C=O) groups is 1. The largest absolute Gasteiger partial charge is 0.492 e. The fraction of sp³-hybridized carbons (Fsp3) is 0.316. The van der Waals surface area contributed by atoms with Gasteiger partial charge in [-0.1, -0.05) is 18.2 Å². The van der Waals surface area contributed by atoms with Crippen LogP contribution in [0.3, 0.4) is 0 Å². The first kappa shape index (κ1) is 18.4. The van der Waals surface area contributed by atoms with Crippen molar-refractivity contribution >= 4 is 15.9 Å². The Morgan fingerprint density at radius 2 is 1.96 bits per heavy atom. The Morgan fingerprint density at radius 3 is 2.65 bits per heavy atom. The number of amides is 1. The highest BCUT2D eigenvalue weighted by molar-refractivity contribution is 7.89. The van der Waals surface area contributed by atoms with E-state index >= 15 is 0 Å². The van der Waals surface area contributed by atoms with Gasteiger partial charge in [-0.15, -0.1) is 0 Å². The Labute approximate surface area is 153 Å². The highest BCUT2D eigenvalue weighted by Crippen LogP contribution is 2.30. The van der Waals surface area contributed by atoms with Crippen molar-refractivity contribution in [2.75, 3.05) is 13.2 Å². The van der Waals surface area contributed by atoms with E-state index in [-0.39, 0.29) is 10.8 Å². The molecule has 6 nitrogen and oxygen atoms in total. The molecule has 0 saturated carbocycles. The molecule has 0 atom stereocenters. The molecule has 0 bridgehead atoms. The van der Waals surface area contributed by atoms with Gasteiger partial charge in [-0.2, -0.15) is 0 Å². The second-order valence-corrected chi connectivity index (χ2v) is 8.01. The van der Waals surface area contributed by atoms with Gasteiger partial charge in [-0.05, 0) is 61.1 Å². The minimum Gasteiger partial charge on any atom is -0.492 e. The molecule has 1 amide bonds. The third-order valence-corrected chi connectivity index (χ3v) is 5.27. The van der Waals surface area contributed by atoms with Crippen LogP contribution < -0.4 is 15.2 Å². The number of benzene rings is 2. The number of hydrogen-bond donors (Lipinski definition) is 2. The number of hydrogen-bond acceptors (Lipinski definition) is 4. The van der Waals surface area contributed by atoms with E-state index in [1.54, 1.807) is 12.1 Å². The minimum absolute atomic E-state index is 0.0776. The van der Waals surface area contributed by atoms with Crippen molar-refractivity contribution in [2.24, 2.45) is 5.14 Å². The van der Waals surface area contributed by atoms with Crippen LogP contribution in [0.25, 0.3) is 0 Å². The number of sulfonamides is 1. The standard InChI is InChI=1S/C19H22N2O4S/c1-13-11-15-3-2-10-25-18(15)17(12-13)19(22)21-9-8-14-4-6-16(7-5-14)26(20,23)24/h4-7,11-12H,2-3,8-10H2,1H3,(H,21,22)(H2,20,23,24). The number of nitrogens with one attached hydrogen (secondary N) is 1. The summed E-state index contributed by atoms with van der Waals surface area (Å²) in [4.78, 5) is 12.6. The van der Waals surface area contributed by atoms with Crippen molar-refractivity contribution in [1.82, 2.24) is 5.32 Å². The van der Waals surface area contributed by atoms with Gasteiger partial charge in [0.05, 0.1) is 17.1 Å². The van der Waals surface area contributed by atoms with Gasteiger partial charge in [0.25, 0.3) is 5.91 Å². The Morgan fingerprint density at radius 1 is 1.23 bits per heavy atom. The van der Waals surface area contributed by atoms with Gasteiger partial charge in [0.1, 0.15) is 5.75 Å². The van der Waals surface area contributed by atoms with Crippen molar-refractivity contribution in [2.45, 2.75) is 31.1 Å². The molecule has 0 aromatic heterocycles. The third-order valence-electron chi connectivity index (χ3n) is 4.34. The first-order valence-electron chi connectivity index (χ1n) is 8.51. The number of rotatable bonds is 5. The molecule has 2 aromatic carbocycles. The van der Waals surface area contributed by atoms with E-state index < -0.39 is 10.0 Å². The molecular formula is C19H22N2O4S. The van der Waals surface area contributed by atoms with Crippen LogP contribution in [-0.2, 0) is 22.9 Å². The molecule has 0 aliphatic carbocycles. The summed E-state index contributed by atoms with van der Waals surface area (Å²) in [7, 11) is -3.69. The summed E-state index contributed by atoms with van der Waals surface area (Å²) in [6.45, 7) is 3.04. The van der Waals surface area contributed by atoms with E-state index in [1.807, 2.05) is 13.0 Å². The molecule has 1 heterocycles. The van der Waals surface area contributed by atoms with Crippen molar-refractivity contribution in [3.63, 3.8) is 0 Å². The summed E-state index contributed by atoms with van der Waals surface area (Å²) in [6.07, 6.45) is 2.48. The maximum absolute atomic E-state index is 12.6. The average molecular weight is 374 g/mol. The van der Waals surface area contributed by atoms with Crippen LogP contribution >= 0.6 is 0 Å². The number of aryl methyl sites for hydroxylation is 2. The summed E-state index contributed by atoms with van der Waals surface area (Å²) in [6, 6.07) is 10.3. The topological polar surface area (TPSA) is 98.5 Å². The average Bonchev–Trinajstić information content (AvgIpc) is 2.60. The van der Waals surface area contributed by atoms with Gasteiger partial charge in [0, 0.05) is 6.54 Å². The fourth-order valence-corrected chi connectivity index (χ4v) is 3.59. The Hall–Kier alpha value is -2.38. The zero-order valence-corrected chi connectivity index (χ0v) is 15.4. The summed E-state index contributed by atoms with van der Waals surface area (Å²) in [5, 5.41) is 7.99. The summed E-state index contributed by atoms with van der Waals surface area (Å²) in [5.74, 6) is 0.532. The minimum atomic E-state index is -3.69. The zero-order chi connectivity index (χ0) is 18.7. The summed E-state index contributed by atoms with van der Waals surface area (Å²) in [5.41, 5.74) is 3.61. The van der Waals surface area contributed by atoms with E-state index in [0.717, 1.165) is 29.5 Å². The van der Waals surface area contributed by atoms with Gasteiger partial charge < -0.3 is 10.1 Å². The zero-order valence-electron chi connectivity index (χ0n) is 14.6. The second kappa shape index (κ2) is 7.47. The highest BCUT2D eigenvalue weighted by atomic mass is 32.2. The van der Waals surface area contributed by atoms with E-state index in [2.05, 4.69) is 11.4 Å². The molecule has 138 valence electrons. The normalized spacial score (nSPS) is 13.6. The Kier molecular flexibility index (Phi) is 5.29. The van der Waals surface area contributed by atoms with Gasteiger partial charge in [-0.25, -0.2) is 13.6 Å². The maximum Gasteiger partial charge on any atom is 0.255 e. The van der Waals surface area contributed by atoms with E-state index in [0.29, 0.717) is 30.9 Å². The van der Waals surface area contributed by atoms with E-state index in [1.165, 1.54) is 12.1 Å². The number of ether oxygens (including phenoxy) is 1. The second-order valence-electron chi connectivity index (χ2n) is 6.45. The summed E-state index contributed by atoms with van der Waals surface area (Å²) < 4.78 is 28.2. The van der Waals surface area contributed by atoms with Crippen molar-refractivity contribution in [1.29, 1.82) is 0 Å².